The van der Waals surface area contributed by atoms with Crippen LogP contribution in [0.3, 0.4) is 0 Å². The van der Waals surface area contributed by atoms with Gasteiger partial charge in [0.05, 0.1) is 16.2 Å². The first-order valence-corrected chi connectivity index (χ1v) is 6.41. The summed E-state index contributed by atoms with van der Waals surface area (Å²) in [6, 6.07) is 8.95. The average molecular weight is 286 g/mol. The smallest absolute Gasteiger partial charge is 0.270 e. The monoisotopic (exact) mass is 286 g/mol. The number of non-ortho nitro benzene ring substituents is 1. The Hall–Kier alpha value is -2.76. The van der Waals surface area contributed by atoms with E-state index in [-0.39, 0.29) is 17.3 Å². The van der Waals surface area contributed by atoms with Crippen molar-refractivity contribution in [3.63, 3.8) is 0 Å². The van der Waals surface area contributed by atoms with Crippen molar-refractivity contribution < 1.29 is 9.72 Å². The molecule has 0 saturated heterocycles. The van der Waals surface area contributed by atoms with E-state index in [2.05, 4.69) is 0 Å². The molecule has 0 aliphatic rings. The van der Waals surface area contributed by atoms with Gasteiger partial charge in [-0.05, 0) is 26.0 Å². The average Bonchev–Trinajstić information content (AvgIpc) is 2.46. The summed E-state index contributed by atoms with van der Waals surface area (Å²) in [7, 11) is 0. The standard InChI is InChI=1S/C15H14N2O4/c1-10(2)16-14(7-6-12(9-18)15(16)19)11-4-3-5-13(8-11)17(20)21/h3-10H,1-2H3. The number of aromatic nitrogens is 1. The molecule has 108 valence electrons. The van der Waals surface area contributed by atoms with E-state index in [4.69, 9.17) is 0 Å². The van der Waals surface area contributed by atoms with E-state index in [9.17, 15) is 19.7 Å². The van der Waals surface area contributed by atoms with Crippen molar-refractivity contribution >= 4 is 12.0 Å². The Bertz CT molecular complexity index is 763. The number of carbonyl (C=O) groups is 1. The molecule has 0 atom stereocenters. The van der Waals surface area contributed by atoms with Crippen LogP contribution in [0.5, 0.6) is 0 Å². The van der Waals surface area contributed by atoms with Gasteiger partial charge in [0.25, 0.3) is 11.2 Å². The third-order valence-electron chi connectivity index (χ3n) is 3.14. The molecule has 2 aromatic rings. The number of carbonyl (C=O) groups excluding carboxylic acids is 1. The largest absolute Gasteiger partial charge is 0.305 e. The maximum Gasteiger partial charge on any atom is 0.270 e. The van der Waals surface area contributed by atoms with Crippen LogP contribution < -0.4 is 5.56 Å². The van der Waals surface area contributed by atoms with Gasteiger partial charge in [0.1, 0.15) is 0 Å². The second kappa shape index (κ2) is 5.70. The minimum Gasteiger partial charge on any atom is -0.305 e. The Labute approximate surface area is 120 Å². The van der Waals surface area contributed by atoms with E-state index >= 15 is 0 Å². The molecule has 6 heteroatoms. The molecule has 1 aromatic heterocycles. The van der Waals surface area contributed by atoms with Gasteiger partial charge in [0.15, 0.2) is 6.29 Å². The van der Waals surface area contributed by atoms with E-state index in [1.54, 1.807) is 18.2 Å². The Morgan fingerprint density at radius 2 is 1.95 bits per heavy atom. The highest BCUT2D eigenvalue weighted by atomic mass is 16.6. The van der Waals surface area contributed by atoms with Crippen molar-refractivity contribution in [3.8, 4) is 11.3 Å². The summed E-state index contributed by atoms with van der Waals surface area (Å²) >= 11 is 0. The molecule has 0 spiro atoms. The fraction of sp³-hybridized carbons (Fsp3) is 0.200. The Morgan fingerprint density at radius 1 is 1.24 bits per heavy atom. The maximum atomic E-state index is 12.3. The van der Waals surface area contributed by atoms with E-state index in [1.165, 1.54) is 22.8 Å². The number of rotatable bonds is 4. The molecular weight excluding hydrogens is 272 g/mol. The molecule has 1 aromatic carbocycles. The first-order valence-electron chi connectivity index (χ1n) is 6.41. The van der Waals surface area contributed by atoms with Gasteiger partial charge in [-0.2, -0.15) is 0 Å². The molecule has 0 aliphatic carbocycles. The van der Waals surface area contributed by atoms with Crippen LogP contribution >= 0.6 is 0 Å². The van der Waals surface area contributed by atoms with Crippen LogP contribution in [0.15, 0.2) is 41.2 Å². The van der Waals surface area contributed by atoms with E-state index < -0.39 is 10.5 Å². The number of hydrogen-bond acceptors (Lipinski definition) is 4. The van der Waals surface area contributed by atoms with E-state index in [1.807, 2.05) is 13.8 Å². The van der Waals surface area contributed by atoms with Gasteiger partial charge in [-0.15, -0.1) is 0 Å². The van der Waals surface area contributed by atoms with Crippen molar-refractivity contribution in [3.05, 3.63) is 62.4 Å². The fourth-order valence-corrected chi connectivity index (χ4v) is 2.19. The highest BCUT2D eigenvalue weighted by Crippen LogP contribution is 2.25. The first kappa shape index (κ1) is 14.6. The minimum atomic E-state index is -0.485. The Balaban J connectivity index is 2.72. The number of nitro benzene ring substituents is 1. The molecule has 21 heavy (non-hydrogen) atoms. The molecule has 0 amide bonds. The van der Waals surface area contributed by atoms with Crippen molar-refractivity contribution in [2.45, 2.75) is 19.9 Å². The van der Waals surface area contributed by atoms with Crippen LogP contribution in [0.1, 0.15) is 30.2 Å². The zero-order valence-electron chi connectivity index (χ0n) is 11.6. The van der Waals surface area contributed by atoms with Gasteiger partial charge in [0, 0.05) is 23.7 Å². The lowest BCUT2D eigenvalue weighted by Crippen LogP contribution is -2.26. The fourth-order valence-electron chi connectivity index (χ4n) is 2.19. The molecular formula is C15H14N2O4. The lowest BCUT2D eigenvalue weighted by Gasteiger charge is -2.17. The van der Waals surface area contributed by atoms with Gasteiger partial charge in [0.2, 0.25) is 0 Å². The summed E-state index contributed by atoms with van der Waals surface area (Å²) in [6.07, 6.45) is 0.512. The number of hydrogen-bond donors (Lipinski definition) is 0. The third-order valence-corrected chi connectivity index (χ3v) is 3.14. The highest BCUT2D eigenvalue weighted by Gasteiger charge is 2.14. The molecule has 0 saturated carbocycles. The number of aldehydes is 1. The van der Waals surface area contributed by atoms with Crippen molar-refractivity contribution in [1.82, 2.24) is 4.57 Å². The quantitative estimate of drug-likeness (QED) is 0.491. The summed E-state index contributed by atoms with van der Waals surface area (Å²) in [5, 5.41) is 10.9. The zero-order valence-corrected chi connectivity index (χ0v) is 11.6. The van der Waals surface area contributed by atoms with Crippen LogP contribution in [0.4, 0.5) is 5.69 Å². The topological polar surface area (TPSA) is 82.2 Å². The van der Waals surface area contributed by atoms with Gasteiger partial charge in [-0.3, -0.25) is 19.7 Å². The SMILES string of the molecule is CC(C)n1c(-c2cccc([N+](=O)[O-])c2)ccc(C=O)c1=O. The third kappa shape index (κ3) is 2.74. The second-order valence-electron chi connectivity index (χ2n) is 4.87. The molecule has 0 radical (unpaired) electrons. The minimum absolute atomic E-state index is 0.0466. The Kier molecular flexibility index (Phi) is 3.98. The van der Waals surface area contributed by atoms with Crippen LogP contribution in [-0.2, 0) is 0 Å². The normalized spacial score (nSPS) is 10.6. The number of pyridine rings is 1. The lowest BCUT2D eigenvalue weighted by atomic mass is 10.1. The lowest BCUT2D eigenvalue weighted by molar-refractivity contribution is -0.384. The second-order valence-corrected chi connectivity index (χ2v) is 4.87. The van der Waals surface area contributed by atoms with Gasteiger partial charge >= 0.3 is 0 Å². The van der Waals surface area contributed by atoms with Crippen molar-refractivity contribution in [2.24, 2.45) is 0 Å². The van der Waals surface area contributed by atoms with Crippen LogP contribution in [0, 0.1) is 10.1 Å². The van der Waals surface area contributed by atoms with E-state index in [0.717, 1.165) is 0 Å². The summed E-state index contributed by atoms with van der Waals surface area (Å²) in [6.45, 7) is 3.63. The Morgan fingerprint density at radius 3 is 2.52 bits per heavy atom. The molecule has 0 unspecified atom stereocenters. The summed E-state index contributed by atoms with van der Waals surface area (Å²) < 4.78 is 1.46. The van der Waals surface area contributed by atoms with Crippen LogP contribution in [-0.4, -0.2) is 15.8 Å². The molecule has 0 fully saturated rings. The van der Waals surface area contributed by atoms with E-state index in [0.29, 0.717) is 17.5 Å². The van der Waals surface area contributed by atoms with Crippen LogP contribution in [0.25, 0.3) is 11.3 Å². The van der Waals surface area contributed by atoms with Gasteiger partial charge in [-0.1, -0.05) is 12.1 Å². The summed E-state index contributed by atoms with van der Waals surface area (Å²) in [5.41, 5.74) is 0.730. The zero-order chi connectivity index (χ0) is 15.6. The van der Waals surface area contributed by atoms with Crippen LogP contribution in [0.2, 0.25) is 0 Å². The first-order chi connectivity index (χ1) is 9.95. The number of benzene rings is 1. The summed E-state index contributed by atoms with van der Waals surface area (Å²) in [5.74, 6) is 0. The molecule has 0 aliphatic heterocycles. The molecule has 0 N–H and O–H groups in total. The molecule has 6 nitrogen and oxygen atoms in total. The predicted octanol–water partition coefficient (Wildman–Crippen LogP) is 2.82. The highest BCUT2D eigenvalue weighted by molar-refractivity contribution is 5.75. The molecule has 0 bridgehead atoms. The van der Waals surface area contributed by atoms with Crippen molar-refractivity contribution in [2.75, 3.05) is 0 Å². The van der Waals surface area contributed by atoms with Crippen molar-refractivity contribution in [1.29, 1.82) is 0 Å². The molecule has 2 rings (SSSR count). The number of nitrogens with zero attached hydrogens (tertiary/aromatic N) is 2. The van der Waals surface area contributed by atoms with Gasteiger partial charge < -0.3 is 4.57 Å². The summed E-state index contributed by atoms with van der Waals surface area (Å²) in [4.78, 5) is 33.5. The number of nitro groups is 1. The maximum absolute atomic E-state index is 12.3. The predicted molar refractivity (Wildman–Crippen MR) is 78.6 cm³/mol. The van der Waals surface area contributed by atoms with Gasteiger partial charge in [-0.25, -0.2) is 0 Å². The molecule has 1 heterocycles.